The number of carbonyl (C=O) groups is 3. The fourth-order valence-electron chi connectivity index (χ4n) is 6.74. The molecule has 13 nitrogen and oxygen atoms in total. The van der Waals surface area contributed by atoms with E-state index in [0.29, 0.717) is 71.3 Å². The first-order chi connectivity index (χ1) is 27.9. The van der Waals surface area contributed by atoms with Gasteiger partial charge in [0.2, 0.25) is 0 Å². The van der Waals surface area contributed by atoms with Gasteiger partial charge >= 0.3 is 5.97 Å². The van der Waals surface area contributed by atoms with Crippen LogP contribution in [0.4, 0.5) is 11.4 Å². The highest BCUT2D eigenvalue weighted by Gasteiger charge is 2.34. The van der Waals surface area contributed by atoms with E-state index in [-0.39, 0.29) is 43.5 Å². The minimum Gasteiger partial charge on any atom is -0.493 e. The molecule has 13 heteroatoms. The summed E-state index contributed by atoms with van der Waals surface area (Å²) in [7, 11) is 6.55. The maximum absolute atomic E-state index is 13.4. The number of hydrogen-bond donors (Lipinski definition) is 2. The summed E-state index contributed by atoms with van der Waals surface area (Å²) >= 11 is 0. The molecule has 2 saturated heterocycles. The number of methoxy groups -OCH3 is 2. The van der Waals surface area contributed by atoms with Crippen molar-refractivity contribution in [1.82, 2.24) is 9.80 Å². The van der Waals surface area contributed by atoms with Gasteiger partial charge in [-0.3, -0.25) is 29.3 Å². The SMILES string of the molecule is C=C1CC(C=Nc2cc(OC/C(=C/C(=C\C(C)COc3cc4c(cc3OC)C(=O)N3CC(=C)CC3C=N4)CCC(=O)O)CC)c(OC)cc2C=O)N(C)C1.CC.CN. The number of aliphatic carboxylic acids is 1. The molecule has 3 N–H and O–H groups in total. The minimum atomic E-state index is -0.900. The zero-order valence-corrected chi connectivity index (χ0v) is 35.4. The summed E-state index contributed by atoms with van der Waals surface area (Å²) in [5, 5.41) is 9.51. The first-order valence-electron chi connectivity index (χ1n) is 19.7. The lowest BCUT2D eigenvalue weighted by Gasteiger charge is -2.20. The second-order valence-corrected chi connectivity index (χ2v) is 14.0. The van der Waals surface area contributed by atoms with Crippen LogP contribution in [0.25, 0.3) is 0 Å². The normalized spacial score (nSPS) is 18.4. The smallest absolute Gasteiger partial charge is 0.303 e. The first-order valence-corrected chi connectivity index (χ1v) is 19.7. The maximum atomic E-state index is 13.4. The van der Waals surface area contributed by atoms with Crippen molar-refractivity contribution >= 4 is 42.0 Å². The molecule has 0 aliphatic carbocycles. The van der Waals surface area contributed by atoms with Crippen LogP contribution in [-0.2, 0) is 4.79 Å². The van der Waals surface area contributed by atoms with E-state index in [4.69, 9.17) is 18.9 Å². The number of aliphatic imine (C=N–C) groups is 2. The fraction of sp³-hybridized carbons (Fsp3) is 0.444. The molecular weight excluding hydrogens is 739 g/mol. The summed E-state index contributed by atoms with van der Waals surface area (Å²) in [4.78, 5) is 50.1. The Morgan fingerprint density at radius 1 is 1.02 bits per heavy atom. The van der Waals surface area contributed by atoms with Crippen molar-refractivity contribution in [3.05, 3.63) is 83.0 Å². The molecule has 3 aliphatic heterocycles. The van der Waals surface area contributed by atoms with Gasteiger partial charge in [-0.2, -0.15) is 0 Å². The van der Waals surface area contributed by atoms with Crippen molar-refractivity contribution in [1.29, 1.82) is 0 Å². The van der Waals surface area contributed by atoms with E-state index < -0.39 is 5.97 Å². The second-order valence-electron chi connectivity index (χ2n) is 14.0. The van der Waals surface area contributed by atoms with Crippen molar-refractivity contribution in [3.63, 3.8) is 0 Å². The molecule has 3 atom stereocenters. The highest BCUT2D eigenvalue weighted by molar-refractivity contribution is 6.04. The van der Waals surface area contributed by atoms with E-state index in [1.165, 1.54) is 21.3 Å². The maximum Gasteiger partial charge on any atom is 0.303 e. The van der Waals surface area contributed by atoms with Crippen LogP contribution in [0.2, 0.25) is 0 Å². The first kappa shape index (κ1) is 46.8. The van der Waals surface area contributed by atoms with Crippen molar-refractivity contribution in [2.75, 3.05) is 54.6 Å². The van der Waals surface area contributed by atoms with Crippen LogP contribution in [0, 0.1) is 5.92 Å². The number of nitrogens with two attached hydrogens (primary N) is 1. The van der Waals surface area contributed by atoms with Crippen molar-refractivity contribution in [3.8, 4) is 23.0 Å². The van der Waals surface area contributed by atoms with Gasteiger partial charge in [0.1, 0.15) is 6.61 Å². The number of allylic oxidation sites excluding steroid dienone is 2. The Bertz CT molecular complexity index is 1920. The van der Waals surface area contributed by atoms with E-state index in [1.807, 2.05) is 53.1 Å². The summed E-state index contributed by atoms with van der Waals surface area (Å²) < 4.78 is 23.6. The number of carboxylic acids is 1. The van der Waals surface area contributed by atoms with E-state index in [9.17, 15) is 19.5 Å². The zero-order chi connectivity index (χ0) is 42.9. The number of benzene rings is 2. The monoisotopic (exact) mass is 799 g/mol. The Labute approximate surface area is 343 Å². The van der Waals surface area contributed by atoms with Crippen molar-refractivity contribution in [2.24, 2.45) is 21.6 Å². The van der Waals surface area contributed by atoms with E-state index in [0.717, 1.165) is 41.5 Å². The number of aldehydes is 1. The second kappa shape index (κ2) is 23.0. The molecule has 0 bridgehead atoms. The molecule has 0 radical (unpaired) electrons. The average molecular weight is 800 g/mol. The Morgan fingerprint density at radius 2 is 1.69 bits per heavy atom. The summed E-state index contributed by atoms with van der Waals surface area (Å²) in [5.41, 5.74) is 10.2. The number of fused-ring (bicyclic) bond motifs is 2. The number of amides is 1. The highest BCUT2D eigenvalue weighted by atomic mass is 16.5. The summed E-state index contributed by atoms with van der Waals surface area (Å²) in [5.74, 6) is 0.566. The number of rotatable bonds is 17. The van der Waals surface area contributed by atoms with Crippen molar-refractivity contribution < 1.29 is 38.4 Å². The molecular formula is C45H61N5O8. The number of carbonyl (C=O) groups excluding carboxylic acids is 2. The Kier molecular flexibility index (Phi) is 18.6. The third kappa shape index (κ3) is 12.5. The molecule has 0 saturated carbocycles. The predicted molar refractivity (Wildman–Crippen MR) is 231 cm³/mol. The summed E-state index contributed by atoms with van der Waals surface area (Å²) in [6.45, 7) is 17.9. The predicted octanol–water partition coefficient (Wildman–Crippen LogP) is 7.79. The molecule has 314 valence electrons. The largest absolute Gasteiger partial charge is 0.493 e. The fourth-order valence-corrected chi connectivity index (χ4v) is 6.74. The van der Waals surface area contributed by atoms with Gasteiger partial charge in [-0.05, 0) is 57.5 Å². The quantitative estimate of drug-likeness (QED) is 0.0698. The van der Waals surface area contributed by atoms with Crippen molar-refractivity contribution in [2.45, 2.75) is 71.9 Å². The third-order valence-corrected chi connectivity index (χ3v) is 9.70. The van der Waals surface area contributed by atoms with E-state index in [2.05, 4.69) is 33.8 Å². The number of ether oxygens (including phenoxy) is 4. The highest BCUT2D eigenvalue weighted by Crippen LogP contribution is 2.39. The van der Waals surface area contributed by atoms with Crippen LogP contribution in [0.5, 0.6) is 23.0 Å². The summed E-state index contributed by atoms with van der Waals surface area (Å²) in [6.07, 6.45) is 10.7. The Balaban J connectivity index is 0.00000218. The lowest BCUT2D eigenvalue weighted by Crippen LogP contribution is -2.35. The average Bonchev–Trinajstić information content (AvgIpc) is 3.74. The van der Waals surface area contributed by atoms with Gasteiger partial charge in [0.25, 0.3) is 5.91 Å². The zero-order valence-electron chi connectivity index (χ0n) is 35.4. The molecule has 2 aromatic carbocycles. The molecule has 58 heavy (non-hydrogen) atoms. The summed E-state index contributed by atoms with van der Waals surface area (Å²) in [6, 6.07) is 6.68. The van der Waals surface area contributed by atoms with Gasteiger partial charge in [-0.1, -0.05) is 69.7 Å². The number of nitrogens with zero attached hydrogens (tertiary/aromatic N) is 4. The molecule has 3 aliphatic rings. The molecule has 5 rings (SSSR count). The van der Waals surface area contributed by atoms with E-state index >= 15 is 0 Å². The lowest BCUT2D eigenvalue weighted by atomic mass is 10.0. The molecule has 3 heterocycles. The molecule has 0 aromatic heterocycles. The van der Waals surface area contributed by atoms with Gasteiger partial charge in [0, 0.05) is 61.6 Å². The Hall–Kier alpha value is -5.53. The molecule has 2 fully saturated rings. The number of likely N-dealkylation sites (tertiary alicyclic amines) is 1. The standard InChI is InChI=1S/C42H50N4O8.C2H6.CH5N/c1-8-29(25-54-39-17-35(31(23-47)15-37(39)51-6)43-19-32-12-26(2)21-45(32)5)14-30(9-10-41(48)49)11-28(4)24-53-40-18-36-34(16-38(40)52-7)42(50)46-22-27(3)13-33(46)20-44-36;2*1-2/h11,14-20,23,28,32-33H,2-3,8-10,12-13,21-22,24-25H2,1,4-7H3,(H,48,49);1-2H3;2H2,1H3/b29-14+,30-11-,43-19?;;. The molecule has 3 unspecified atom stereocenters. The number of hydrogen-bond acceptors (Lipinski definition) is 11. The molecule has 0 spiro atoms. The van der Waals surface area contributed by atoms with E-state index in [1.54, 1.807) is 35.4 Å². The van der Waals surface area contributed by atoms with Gasteiger partial charge < -0.3 is 34.7 Å². The van der Waals surface area contributed by atoms with Crippen LogP contribution < -0.4 is 24.7 Å². The topological polar surface area (TPSA) is 166 Å². The van der Waals surface area contributed by atoms with Gasteiger partial charge in [0.15, 0.2) is 29.3 Å². The lowest BCUT2D eigenvalue weighted by molar-refractivity contribution is -0.136. The Morgan fingerprint density at radius 3 is 2.31 bits per heavy atom. The third-order valence-electron chi connectivity index (χ3n) is 9.70. The van der Waals surface area contributed by atoms with Gasteiger partial charge in [-0.25, -0.2) is 0 Å². The van der Waals surface area contributed by atoms with Crippen LogP contribution in [-0.4, -0.2) is 112 Å². The van der Waals surface area contributed by atoms with Gasteiger partial charge in [-0.15, -0.1) is 0 Å². The molecule has 1 amide bonds. The van der Waals surface area contributed by atoms with Crippen LogP contribution in [0.1, 0.15) is 80.5 Å². The van der Waals surface area contributed by atoms with Gasteiger partial charge in [0.05, 0.1) is 43.8 Å². The van der Waals surface area contributed by atoms with Crippen LogP contribution in [0.3, 0.4) is 0 Å². The minimum absolute atomic E-state index is 0.0460. The number of carboxylic acid groups (broad SMARTS) is 1. The molecule has 2 aromatic rings. The van der Waals surface area contributed by atoms with Crippen LogP contribution >= 0.6 is 0 Å². The van der Waals surface area contributed by atoms with Crippen LogP contribution in [0.15, 0.2) is 81.9 Å². The number of likely N-dealkylation sites (N-methyl/N-ethyl adjacent to an activating group) is 1.